The summed E-state index contributed by atoms with van der Waals surface area (Å²) in [5, 5.41) is 21.7. The average molecular weight is 233 g/mol. The van der Waals surface area contributed by atoms with Gasteiger partial charge in [0.2, 0.25) is 0 Å². The molecule has 4 heteroatoms. The van der Waals surface area contributed by atoms with Gasteiger partial charge in [0, 0.05) is 5.92 Å². The van der Waals surface area contributed by atoms with Crippen LogP contribution in [0.5, 0.6) is 0 Å². The van der Waals surface area contributed by atoms with Crippen molar-refractivity contribution in [1.29, 1.82) is 0 Å². The lowest BCUT2D eigenvalue weighted by molar-refractivity contribution is -0.144. The highest BCUT2D eigenvalue weighted by Gasteiger charge is 2.51. The lowest BCUT2D eigenvalue weighted by Gasteiger charge is -2.29. The summed E-state index contributed by atoms with van der Waals surface area (Å²) >= 11 is 0. The van der Waals surface area contributed by atoms with E-state index in [0.29, 0.717) is 18.6 Å². The molecule has 1 aliphatic carbocycles. The van der Waals surface area contributed by atoms with E-state index in [9.17, 15) is 9.90 Å². The largest absolute Gasteiger partial charge is 0.481 e. The molecule has 4 nitrogen and oxygen atoms in total. The molecule has 1 fully saturated rings. The minimum atomic E-state index is -0.956. The van der Waals surface area contributed by atoms with E-state index in [4.69, 9.17) is 5.21 Å². The Kier molecular flexibility index (Phi) is 2.88. The molecule has 1 aromatic carbocycles. The van der Waals surface area contributed by atoms with E-state index >= 15 is 0 Å². The van der Waals surface area contributed by atoms with E-state index in [-0.39, 0.29) is 5.92 Å². The third-order valence-corrected chi connectivity index (χ3v) is 3.81. The molecule has 2 N–H and O–H groups in total. The Morgan fingerprint density at radius 1 is 1.41 bits per heavy atom. The van der Waals surface area contributed by atoms with Gasteiger partial charge in [0.25, 0.3) is 0 Å². The fourth-order valence-electron chi connectivity index (χ4n) is 2.72. The van der Waals surface area contributed by atoms with E-state index in [0.717, 1.165) is 5.56 Å². The number of hydrogen-bond donors (Lipinski definition) is 2. The monoisotopic (exact) mass is 233 g/mol. The van der Waals surface area contributed by atoms with Crippen molar-refractivity contribution in [2.24, 2.45) is 11.1 Å². The van der Waals surface area contributed by atoms with Gasteiger partial charge >= 0.3 is 5.97 Å². The molecule has 0 aromatic heterocycles. The molecule has 0 heterocycles. The summed E-state index contributed by atoms with van der Waals surface area (Å²) in [4.78, 5) is 11.7. The van der Waals surface area contributed by atoms with E-state index in [2.05, 4.69) is 5.16 Å². The topological polar surface area (TPSA) is 69.9 Å². The number of carboxylic acids is 1. The Labute approximate surface area is 99.6 Å². The van der Waals surface area contributed by atoms with Crippen molar-refractivity contribution in [3.8, 4) is 0 Å². The molecule has 0 radical (unpaired) electrons. The predicted octanol–water partition coefficient (Wildman–Crippen LogP) is 2.27. The molecule has 0 unspecified atom stereocenters. The lowest BCUT2D eigenvalue weighted by Crippen LogP contribution is -2.39. The van der Waals surface area contributed by atoms with Crippen LogP contribution >= 0.6 is 0 Å². The Hall–Kier alpha value is -1.84. The molecule has 2 atom stereocenters. The molecule has 17 heavy (non-hydrogen) atoms. The van der Waals surface area contributed by atoms with Gasteiger partial charge < -0.3 is 10.3 Å². The first-order chi connectivity index (χ1) is 8.13. The van der Waals surface area contributed by atoms with Gasteiger partial charge in [-0.15, -0.1) is 0 Å². The zero-order chi connectivity index (χ0) is 12.5. The van der Waals surface area contributed by atoms with Crippen LogP contribution in [0.4, 0.5) is 0 Å². The summed E-state index contributed by atoms with van der Waals surface area (Å²) in [5.41, 5.74) is 0.387. The minimum absolute atomic E-state index is 0.285. The van der Waals surface area contributed by atoms with Gasteiger partial charge in [0.1, 0.15) is 5.41 Å². The fraction of sp³-hybridized carbons (Fsp3) is 0.385. The standard InChI is InChI=1S/C13H15NO3/c1-9-11(14-17)7-8-13(9,12(15)16)10-5-3-2-4-6-10/h2-6,9,17H,7-8H2,1H3,(H,15,16)/b14-11+/t9-,13-/m0/s1. The van der Waals surface area contributed by atoms with Gasteiger partial charge in [0.15, 0.2) is 0 Å². The number of carbonyl (C=O) groups is 1. The highest BCUT2D eigenvalue weighted by molar-refractivity contribution is 5.98. The number of nitrogens with zero attached hydrogens (tertiary/aromatic N) is 1. The third kappa shape index (κ3) is 1.60. The molecule has 90 valence electrons. The molecule has 0 bridgehead atoms. The normalized spacial score (nSPS) is 30.6. The van der Waals surface area contributed by atoms with E-state index < -0.39 is 11.4 Å². The van der Waals surface area contributed by atoms with Crippen LogP contribution in [0, 0.1) is 5.92 Å². The molecule has 1 saturated carbocycles. The first-order valence-corrected chi connectivity index (χ1v) is 5.62. The lowest BCUT2D eigenvalue weighted by atomic mass is 9.73. The van der Waals surface area contributed by atoms with Crippen LogP contribution in [0.2, 0.25) is 0 Å². The SMILES string of the molecule is C[C@H]1/C(=N/O)CC[C@@]1(C(=O)O)c1ccccc1. The Morgan fingerprint density at radius 3 is 2.53 bits per heavy atom. The molecule has 0 amide bonds. The summed E-state index contributed by atoms with van der Waals surface area (Å²) in [5.74, 6) is -1.14. The van der Waals surface area contributed by atoms with Crippen molar-refractivity contribution >= 4 is 11.7 Å². The van der Waals surface area contributed by atoms with Gasteiger partial charge in [-0.25, -0.2) is 0 Å². The zero-order valence-corrected chi connectivity index (χ0v) is 9.63. The number of rotatable bonds is 2. The second-order valence-corrected chi connectivity index (χ2v) is 4.46. The highest BCUT2D eigenvalue weighted by Crippen LogP contribution is 2.44. The summed E-state index contributed by atoms with van der Waals surface area (Å²) < 4.78 is 0. The van der Waals surface area contributed by atoms with Crippen molar-refractivity contribution in [1.82, 2.24) is 0 Å². The van der Waals surface area contributed by atoms with Crippen molar-refractivity contribution in [2.45, 2.75) is 25.2 Å². The summed E-state index contributed by atoms with van der Waals surface area (Å²) in [6, 6.07) is 9.18. The van der Waals surface area contributed by atoms with Crippen molar-refractivity contribution in [2.75, 3.05) is 0 Å². The quantitative estimate of drug-likeness (QED) is 0.608. The van der Waals surface area contributed by atoms with Crippen LogP contribution in [-0.2, 0) is 10.2 Å². The van der Waals surface area contributed by atoms with Crippen LogP contribution in [0.25, 0.3) is 0 Å². The molecule has 0 spiro atoms. The third-order valence-electron chi connectivity index (χ3n) is 3.81. The Balaban J connectivity index is 2.53. The summed E-state index contributed by atoms with van der Waals surface area (Å²) in [7, 11) is 0. The molecule has 0 saturated heterocycles. The van der Waals surface area contributed by atoms with Gasteiger partial charge in [-0.05, 0) is 18.4 Å². The van der Waals surface area contributed by atoms with Crippen LogP contribution in [0.1, 0.15) is 25.3 Å². The maximum Gasteiger partial charge on any atom is 0.314 e. The first-order valence-electron chi connectivity index (χ1n) is 5.62. The number of aliphatic carboxylic acids is 1. The predicted molar refractivity (Wildman–Crippen MR) is 63.4 cm³/mol. The van der Waals surface area contributed by atoms with E-state index in [1.54, 1.807) is 0 Å². The summed E-state index contributed by atoms with van der Waals surface area (Å²) in [6.45, 7) is 1.81. The number of benzene rings is 1. The van der Waals surface area contributed by atoms with Gasteiger partial charge in [0.05, 0.1) is 5.71 Å². The van der Waals surface area contributed by atoms with Crippen LogP contribution in [0.15, 0.2) is 35.5 Å². The van der Waals surface area contributed by atoms with Crippen molar-refractivity contribution < 1.29 is 15.1 Å². The average Bonchev–Trinajstić information content (AvgIpc) is 2.68. The van der Waals surface area contributed by atoms with Gasteiger partial charge in [-0.1, -0.05) is 42.4 Å². The fourth-order valence-corrected chi connectivity index (χ4v) is 2.72. The van der Waals surface area contributed by atoms with Gasteiger partial charge in [-0.3, -0.25) is 4.79 Å². The van der Waals surface area contributed by atoms with Crippen LogP contribution < -0.4 is 0 Å². The maximum atomic E-state index is 11.7. The second kappa shape index (κ2) is 4.20. The van der Waals surface area contributed by atoms with Crippen molar-refractivity contribution in [3.63, 3.8) is 0 Å². The minimum Gasteiger partial charge on any atom is -0.481 e. The van der Waals surface area contributed by atoms with Gasteiger partial charge in [-0.2, -0.15) is 0 Å². The molecular formula is C13H15NO3. The maximum absolute atomic E-state index is 11.7. The summed E-state index contributed by atoms with van der Waals surface area (Å²) in [6.07, 6.45) is 1.01. The first kappa shape index (κ1) is 11.6. The Bertz CT molecular complexity index is 455. The Morgan fingerprint density at radius 2 is 2.06 bits per heavy atom. The van der Waals surface area contributed by atoms with E-state index in [1.807, 2.05) is 37.3 Å². The zero-order valence-electron chi connectivity index (χ0n) is 9.63. The molecular weight excluding hydrogens is 218 g/mol. The second-order valence-electron chi connectivity index (χ2n) is 4.46. The molecule has 1 aromatic rings. The van der Waals surface area contributed by atoms with Crippen LogP contribution in [0.3, 0.4) is 0 Å². The number of hydrogen-bond acceptors (Lipinski definition) is 3. The van der Waals surface area contributed by atoms with Crippen LogP contribution in [-0.4, -0.2) is 22.0 Å². The number of oxime groups is 1. The smallest absolute Gasteiger partial charge is 0.314 e. The molecule has 1 aliphatic rings. The molecule has 0 aliphatic heterocycles. The molecule has 2 rings (SSSR count). The van der Waals surface area contributed by atoms with E-state index in [1.165, 1.54) is 0 Å². The highest BCUT2D eigenvalue weighted by atomic mass is 16.4. The van der Waals surface area contributed by atoms with Crippen molar-refractivity contribution in [3.05, 3.63) is 35.9 Å². The number of carboxylic acid groups (broad SMARTS) is 1.